The molecule has 0 aliphatic carbocycles. The molecule has 2 unspecified atom stereocenters. The molecule has 0 aromatic heterocycles. The van der Waals surface area contributed by atoms with Crippen LogP contribution >= 0.6 is 12.4 Å². The van der Waals surface area contributed by atoms with Gasteiger partial charge in [-0.2, -0.15) is 13.2 Å². The SMILES string of the molecule is COc1cc(CCC(=O)N2CCNC(C)C2C)ccc1OCC(F)(F)F.Cl. The number of nitrogens with zero attached hydrogens (tertiary/aromatic N) is 1. The molecule has 1 N–H and O–H groups in total. The maximum atomic E-state index is 12.5. The molecule has 1 fully saturated rings. The third-order valence-electron chi connectivity index (χ3n) is 4.60. The van der Waals surface area contributed by atoms with E-state index in [1.54, 1.807) is 12.1 Å². The zero-order valence-corrected chi connectivity index (χ0v) is 16.5. The maximum absolute atomic E-state index is 12.5. The number of hydrogen-bond donors (Lipinski definition) is 1. The Kier molecular flexibility index (Phi) is 8.68. The average Bonchev–Trinajstić information content (AvgIpc) is 2.59. The largest absolute Gasteiger partial charge is 0.493 e. The number of carbonyl (C=O) groups excluding carboxylic acids is 1. The molecule has 1 amide bonds. The van der Waals surface area contributed by atoms with E-state index in [0.717, 1.165) is 12.1 Å². The molecular formula is C18H26ClF3N2O3. The number of hydrogen-bond acceptors (Lipinski definition) is 4. The van der Waals surface area contributed by atoms with Gasteiger partial charge in [0.15, 0.2) is 18.1 Å². The third kappa shape index (κ3) is 6.77. The van der Waals surface area contributed by atoms with Gasteiger partial charge < -0.3 is 19.7 Å². The minimum atomic E-state index is -4.41. The van der Waals surface area contributed by atoms with E-state index in [9.17, 15) is 18.0 Å². The van der Waals surface area contributed by atoms with E-state index in [1.807, 2.05) is 11.8 Å². The predicted octanol–water partition coefficient (Wildman–Crippen LogP) is 3.20. The van der Waals surface area contributed by atoms with Crippen LogP contribution in [0.25, 0.3) is 0 Å². The van der Waals surface area contributed by atoms with Gasteiger partial charge in [0.25, 0.3) is 0 Å². The fourth-order valence-corrected chi connectivity index (χ4v) is 2.95. The van der Waals surface area contributed by atoms with Crippen LogP contribution < -0.4 is 14.8 Å². The summed E-state index contributed by atoms with van der Waals surface area (Å²) in [6, 6.07) is 5.09. The number of halogens is 4. The van der Waals surface area contributed by atoms with Crippen molar-refractivity contribution in [3.8, 4) is 11.5 Å². The number of alkyl halides is 3. The van der Waals surface area contributed by atoms with E-state index in [2.05, 4.69) is 12.2 Å². The molecule has 1 aromatic carbocycles. The van der Waals surface area contributed by atoms with Gasteiger partial charge in [0.2, 0.25) is 5.91 Å². The number of rotatable bonds is 6. The van der Waals surface area contributed by atoms with Crippen LogP contribution in [0.2, 0.25) is 0 Å². The standard InChI is InChI=1S/C18H25F3N2O3.ClH/c1-12-13(2)23(9-8-22-12)17(24)7-5-14-4-6-15(16(10-14)25-3)26-11-18(19,20)21;/h4,6,10,12-13,22H,5,7-9,11H2,1-3H3;1H. The lowest BCUT2D eigenvalue weighted by Crippen LogP contribution is -2.57. The second-order valence-electron chi connectivity index (χ2n) is 6.46. The molecule has 0 bridgehead atoms. The zero-order valence-electron chi connectivity index (χ0n) is 15.6. The van der Waals surface area contributed by atoms with Gasteiger partial charge in [-0.1, -0.05) is 6.07 Å². The lowest BCUT2D eigenvalue weighted by atomic mass is 10.0. The van der Waals surface area contributed by atoms with Crippen LogP contribution in [0.3, 0.4) is 0 Å². The first-order valence-corrected chi connectivity index (χ1v) is 8.60. The molecule has 1 aromatic rings. The first kappa shape index (κ1) is 23.4. The van der Waals surface area contributed by atoms with Crippen molar-refractivity contribution in [1.82, 2.24) is 10.2 Å². The molecule has 5 nitrogen and oxygen atoms in total. The number of aryl methyl sites for hydroxylation is 1. The van der Waals surface area contributed by atoms with Crippen molar-refractivity contribution >= 4 is 18.3 Å². The highest BCUT2D eigenvalue weighted by Crippen LogP contribution is 2.30. The molecule has 2 rings (SSSR count). The van der Waals surface area contributed by atoms with E-state index in [1.165, 1.54) is 13.2 Å². The Hall–Kier alpha value is -1.67. The first-order valence-electron chi connectivity index (χ1n) is 8.60. The number of piperazine rings is 1. The van der Waals surface area contributed by atoms with Gasteiger partial charge in [0.05, 0.1) is 7.11 Å². The number of methoxy groups -OCH3 is 1. The summed E-state index contributed by atoms with van der Waals surface area (Å²) in [5, 5.41) is 3.33. The van der Waals surface area contributed by atoms with Crippen molar-refractivity contribution in [1.29, 1.82) is 0 Å². The Bertz CT molecular complexity index is 628. The second-order valence-corrected chi connectivity index (χ2v) is 6.46. The van der Waals surface area contributed by atoms with Crippen LogP contribution in [-0.4, -0.2) is 55.9 Å². The molecule has 2 atom stereocenters. The summed E-state index contributed by atoms with van der Waals surface area (Å²) in [5.74, 6) is 0.329. The van der Waals surface area contributed by atoms with Crippen molar-refractivity contribution in [2.24, 2.45) is 0 Å². The minimum Gasteiger partial charge on any atom is -0.493 e. The predicted molar refractivity (Wildman–Crippen MR) is 98.8 cm³/mol. The van der Waals surface area contributed by atoms with Crippen molar-refractivity contribution in [2.75, 3.05) is 26.8 Å². The van der Waals surface area contributed by atoms with E-state index in [-0.39, 0.29) is 41.9 Å². The highest BCUT2D eigenvalue weighted by Gasteiger charge is 2.29. The fourth-order valence-electron chi connectivity index (χ4n) is 2.95. The Balaban J connectivity index is 0.00000364. The Morgan fingerprint density at radius 3 is 2.63 bits per heavy atom. The van der Waals surface area contributed by atoms with E-state index < -0.39 is 12.8 Å². The maximum Gasteiger partial charge on any atom is 0.422 e. The Morgan fingerprint density at radius 2 is 2.00 bits per heavy atom. The molecule has 0 spiro atoms. The molecule has 0 saturated carbocycles. The smallest absolute Gasteiger partial charge is 0.422 e. The number of benzene rings is 1. The number of carbonyl (C=O) groups is 1. The average molecular weight is 411 g/mol. The lowest BCUT2D eigenvalue weighted by Gasteiger charge is -2.38. The zero-order chi connectivity index (χ0) is 19.3. The molecule has 1 heterocycles. The molecule has 27 heavy (non-hydrogen) atoms. The fraction of sp³-hybridized carbons (Fsp3) is 0.611. The van der Waals surface area contributed by atoms with Gasteiger partial charge >= 0.3 is 6.18 Å². The Morgan fingerprint density at radius 1 is 1.30 bits per heavy atom. The van der Waals surface area contributed by atoms with Gasteiger partial charge in [0, 0.05) is 31.6 Å². The van der Waals surface area contributed by atoms with Gasteiger partial charge in [-0.05, 0) is 38.0 Å². The summed E-state index contributed by atoms with van der Waals surface area (Å²) in [6.45, 7) is 4.15. The van der Waals surface area contributed by atoms with Gasteiger partial charge in [-0.15, -0.1) is 12.4 Å². The summed E-state index contributed by atoms with van der Waals surface area (Å²) in [4.78, 5) is 14.4. The van der Waals surface area contributed by atoms with Crippen LogP contribution in [0.15, 0.2) is 18.2 Å². The van der Waals surface area contributed by atoms with Gasteiger partial charge in [-0.25, -0.2) is 0 Å². The molecule has 1 aliphatic heterocycles. The van der Waals surface area contributed by atoms with E-state index >= 15 is 0 Å². The topological polar surface area (TPSA) is 50.8 Å². The van der Waals surface area contributed by atoms with Gasteiger partial charge in [0.1, 0.15) is 0 Å². The van der Waals surface area contributed by atoms with Crippen LogP contribution in [0.4, 0.5) is 13.2 Å². The molecular weight excluding hydrogens is 385 g/mol. The van der Waals surface area contributed by atoms with Crippen LogP contribution in [0.1, 0.15) is 25.8 Å². The summed E-state index contributed by atoms with van der Waals surface area (Å²) in [5.41, 5.74) is 0.811. The van der Waals surface area contributed by atoms with Crippen LogP contribution in [-0.2, 0) is 11.2 Å². The minimum absolute atomic E-state index is 0. The highest BCUT2D eigenvalue weighted by molar-refractivity contribution is 5.85. The molecule has 1 saturated heterocycles. The molecule has 154 valence electrons. The second kappa shape index (κ2) is 10.0. The summed E-state index contributed by atoms with van der Waals surface area (Å²) in [6.07, 6.45) is -3.59. The van der Waals surface area contributed by atoms with Crippen molar-refractivity contribution in [3.05, 3.63) is 23.8 Å². The number of ether oxygens (including phenoxy) is 2. The Labute approximate surface area is 163 Å². The normalized spacial score (nSPS) is 20.0. The number of amides is 1. The molecule has 9 heteroatoms. The van der Waals surface area contributed by atoms with Crippen LogP contribution in [0.5, 0.6) is 11.5 Å². The molecule has 0 radical (unpaired) electrons. The van der Waals surface area contributed by atoms with Crippen LogP contribution in [0, 0.1) is 0 Å². The summed E-state index contributed by atoms with van der Waals surface area (Å²) in [7, 11) is 1.37. The van der Waals surface area contributed by atoms with Gasteiger partial charge in [-0.3, -0.25) is 4.79 Å². The van der Waals surface area contributed by atoms with Crippen molar-refractivity contribution in [2.45, 2.75) is 44.9 Å². The van der Waals surface area contributed by atoms with Crippen molar-refractivity contribution < 1.29 is 27.4 Å². The summed E-state index contributed by atoms with van der Waals surface area (Å²) < 4.78 is 46.7. The van der Waals surface area contributed by atoms with E-state index in [0.29, 0.717) is 19.4 Å². The van der Waals surface area contributed by atoms with Crippen molar-refractivity contribution in [3.63, 3.8) is 0 Å². The first-order chi connectivity index (χ1) is 12.2. The lowest BCUT2D eigenvalue weighted by molar-refractivity contribution is -0.153. The monoisotopic (exact) mass is 410 g/mol. The third-order valence-corrected chi connectivity index (χ3v) is 4.60. The molecule has 1 aliphatic rings. The summed E-state index contributed by atoms with van der Waals surface area (Å²) >= 11 is 0. The van der Waals surface area contributed by atoms with E-state index in [4.69, 9.17) is 9.47 Å². The quantitative estimate of drug-likeness (QED) is 0.782. The number of nitrogens with one attached hydrogen (secondary N) is 1. The highest BCUT2D eigenvalue weighted by atomic mass is 35.5.